The normalized spacial score (nSPS) is 17.4. The molecule has 1 heterocycles. The number of carbonyl (C=O) groups excluding carboxylic acids is 2. The summed E-state index contributed by atoms with van der Waals surface area (Å²) in [4.78, 5) is 27.2. The molecule has 18 heavy (non-hydrogen) atoms. The lowest BCUT2D eigenvalue weighted by atomic mass is 10.1. The molecule has 5 heteroatoms. The molecule has 0 radical (unpaired) electrons. The van der Waals surface area contributed by atoms with Crippen LogP contribution in [0.4, 0.5) is 0 Å². The van der Waals surface area contributed by atoms with Gasteiger partial charge in [-0.3, -0.25) is 9.59 Å². The second kappa shape index (κ2) is 4.72. The maximum atomic E-state index is 11.2. The van der Waals surface area contributed by atoms with E-state index in [-0.39, 0.29) is 5.54 Å². The van der Waals surface area contributed by atoms with E-state index in [2.05, 4.69) is 27.8 Å². The lowest BCUT2D eigenvalue weighted by molar-refractivity contribution is -0.103. The van der Waals surface area contributed by atoms with Crippen molar-refractivity contribution in [2.45, 2.75) is 25.3 Å². The Balaban J connectivity index is 2.35. The van der Waals surface area contributed by atoms with Crippen molar-refractivity contribution in [3.8, 4) is 0 Å². The smallest absolute Gasteiger partial charge is 0.153 e. The number of aromatic amines is 1. The first-order chi connectivity index (χ1) is 8.51. The number of aldehydes is 2. The highest BCUT2D eigenvalue weighted by atomic mass is 79.9. The summed E-state index contributed by atoms with van der Waals surface area (Å²) in [6.07, 6.45) is 7.22. The SMILES string of the molecule is CN(/C=C(/C=O)c1[nH]cc(Br)c1C=O)C1(C)CC1. The van der Waals surface area contributed by atoms with Gasteiger partial charge in [-0.2, -0.15) is 0 Å². The summed E-state index contributed by atoms with van der Waals surface area (Å²) in [5, 5.41) is 0. The van der Waals surface area contributed by atoms with Crippen LogP contribution in [0.3, 0.4) is 0 Å². The van der Waals surface area contributed by atoms with Gasteiger partial charge in [-0.05, 0) is 35.7 Å². The van der Waals surface area contributed by atoms with Crippen molar-refractivity contribution >= 4 is 34.1 Å². The predicted octanol–water partition coefficient (Wildman–Crippen LogP) is 2.61. The Hall–Kier alpha value is -1.36. The lowest BCUT2D eigenvalue weighted by Gasteiger charge is -2.23. The topological polar surface area (TPSA) is 53.2 Å². The minimum Gasteiger partial charge on any atom is -0.374 e. The second-order valence-electron chi connectivity index (χ2n) is 4.85. The fourth-order valence-electron chi connectivity index (χ4n) is 1.82. The number of H-pyrrole nitrogens is 1. The van der Waals surface area contributed by atoms with E-state index in [0.29, 0.717) is 21.3 Å². The van der Waals surface area contributed by atoms with Crippen molar-refractivity contribution < 1.29 is 9.59 Å². The van der Waals surface area contributed by atoms with Crippen LogP contribution in [-0.4, -0.2) is 35.0 Å². The molecule has 1 aromatic heterocycles. The molecule has 1 N–H and O–H groups in total. The number of carbonyl (C=O) groups is 2. The van der Waals surface area contributed by atoms with Gasteiger partial charge < -0.3 is 9.88 Å². The van der Waals surface area contributed by atoms with Crippen LogP contribution in [0.1, 0.15) is 35.8 Å². The van der Waals surface area contributed by atoms with Crippen LogP contribution in [0.5, 0.6) is 0 Å². The molecule has 96 valence electrons. The van der Waals surface area contributed by atoms with Gasteiger partial charge in [0.05, 0.1) is 16.8 Å². The van der Waals surface area contributed by atoms with Crippen molar-refractivity contribution in [3.63, 3.8) is 0 Å². The van der Waals surface area contributed by atoms with Gasteiger partial charge in [0.1, 0.15) is 0 Å². The molecule has 0 saturated heterocycles. The van der Waals surface area contributed by atoms with E-state index in [1.807, 2.05) is 11.9 Å². The molecule has 0 bridgehead atoms. The van der Waals surface area contributed by atoms with Gasteiger partial charge in [0.2, 0.25) is 0 Å². The highest BCUT2D eigenvalue weighted by Crippen LogP contribution is 2.40. The Morgan fingerprint density at radius 1 is 1.50 bits per heavy atom. The van der Waals surface area contributed by atoms with Crippen LogP contribution in [-0.2, 0) is 4.79 Å². The Morgan fingerprint density at radius 3 is 2.67 bits per heavy atom. The third kappa shape index (κ3) is 2.27. The second-order valence-corrected chi connectivity index (χ2v) is 5.71. The number of halogens is 1. The third-order valence-electron chi connectivity index (χ3n) is 3.56. The Morgan fingerprint density at radius 2 is 2.17 bits per heavy atom. The van der Waals surface area contributed by atoms with E-state index < -0.39 is 0 Å². The lowest BCUT2D eigenvalue weighted by Crippen LogP contribution is -2.25. The molecule has 1 saturated carbocycles. The predicted molar refractivity (Wildman–Crippen MR) is 73.3 cm³/mol. The zero-order chi connectivity index (χ0) is 13.3. The fourth-order valence-corrected chi connectivity index (χ4v) is 2.22. The molecule has 0 aromatic carbocycles. The minimum atomic E-state index is 0.152. The molecule has 1 aliphatic carbocycles. The average molecular weight is 311 g/mol. The quantitative estimate of drug-likeness (QED) is 0.672. The van der Waals surface area contributed by atoms with Crippen LogP contribution in [0.2, 0.25) is 0 Å². The monoisotopic (exact) mass is 310 g/mol. The number of aromatic nitrogens is 1. The molecule has 4 nitrogen and oxygen atoms in total. The Labute approximate surface area is 114 Å². The highest BCUT2D eigenvalue weighted by Gasteiger charge is 2.40. The summed E-state index contributed by atoms with van der Waals surface area (Å²) in [6, 6.07) is 0. The van der Waals surface area contributed by atoms with Gasteiger partial charge in [0.25, 0.3) is 0 Å². The van der Waals surface area contributed by atoms with E-state index >= 15 is 0 Å². The van der Waals surface area contributed by atoms with E-state index in [1.165, 1.54) is 0 Å². The summed E-state index contributed by atoms with van der Waals surface area (Å²) in [5.41, 5.74) is 1.67. The van der Waals surface area contributed by atoms with Crippen LogP contribution in [0, 0.1) is 0 Å². The van der Waals surface area contributed by atoms with Crippen LogP contribution >= 0.6 is 15.9 Å². The van der Waals surface area contributed by atoms with Gasteiger partial charge >= 0.3 is 0 Å². The van der Waals surface area contributed by atoms with Gasteiger partial charge in [-0.25, -0.2) is 0 Å². The molecular formula is C13H15BrN2O2. The van der Waals surface area contributed by atoms with E-state index in [9.17, 15) is 9.59 Å². The number of nitrogens with zero attached hydrogens (tertiary/aromatic N) is 1. The van der Waals surface area contributed by atoms with E-state index in [1.54, 1.807) is 12.4 Å². The molecule has 1 aromatic rings. The molecule has 1 aliphatic rings. The summed E-state index contributed by atoms with van der Waals surface area (Å²) >= 11 is 3.27. The molecule has 0 atom stereocenters. The van der Waals surface area contributed by atoms with Crippen LogP contribution < -0.4 is 0 Å². The van der Waals surface area contributed by atoms with Crippen LogP contribution in [0.15, 0.2) is 16.9 Å². The molecule has 1 fully saturated rings. The Bertz CT molecular complexity index is 515. The highest BCUT2D eigenvalue weighted by molar-refractivity contribution is 9.10. The first kappa shape index (κ1) is 13.1. The summed E-state index contributed by atoms with van der Waals surface area (Å²) in [6.45, 7) is 2.15. The average Bonchev–Trinajstić information content (AvgIpc) is 3.00. The zero-order valence-electron chi connectivity index (χ0n) is 10.4. The summed E-state index contributed by atoms with van der Waals surface area (Å²) in [5.74, 6) is 0. The van der Waals surface area contributed by atoms with Gasteiger partial charge in [0, 0.05) is 29.5 Å². The van der Waals surface area contributed by atoms with Gasteiger partial charge in [-0.15, -0.1) is 0 Å². The third-order valence-corrected chi connectivity index (χ3v) is 4.22. The van der Waals surface area contributed by atoms with E-state index in [4.69, 9.17) is 0 Å². The number of allylic oxidation sites excluding steroid dienone is 1. The van der Waals surface area contributed by atoms with Crippen molar-refractivity contribution in [1.82, 2.24) is 9.88 Å². The molecule has 0 unspecified atom stereocenters. The largest absolute Gasteiger partial charge is 0.374 e. The standard InChI is InChI=1S/C13H15BrN2O2/c1-13(3-4-13)16(2)6-9(7-17)12-10(8-18)11(14)5-15-12/h5-8,15H,3-4H2,1-2H3/b9-6-. The molecule has 2 rings (SSSR count). The van der Waals surface area contributed by atoms with Crippen molar-refractivity contribution in [2.24, 2.45) is 0 Å². The summed E-state index contributed by atoms with van der Waals surface area (Å²) < 4.78 is 0.667. The first-order valence-electron chi connectivity index (χ1n) is 5.74. The number of nitrogens with one attached hydrogen (secondary N) is 1. The molecule has 0 aliphatic heterocycles. The van der Waals surface area contributed by atoms with Crippen molar-refractivity contribution in [1.29, 1.82) is 0 Å². The maximum Gasteiger partial charge on any atom is 0.153 e. The molecule has 0 amide bonds. The van der Waals surface area contributed by atoms with E-state index in [0.717, 1.165) is 25.4 Å². The number of hydrogen-bond acceptors (Lipinski definition) is 3. The molecule has 0 spiro atoms. The van der Waals surface area contributed by atoms with Crippen molar-refractivity contribution in [2.75, 3.05) is 7.05 Å². The first-order valence-corrected chi connectivity index (χ1v) is 6.53. The molecular weight excluding hydrogens is 296 g/mol. The number of hydrogen-bond donors (Lipinski definition) is 1. The Kier molecular flexibility index (Phi) is 3.43. The fraction of sp³-hybridized carbons (Fsp3) is 0.385. The van der Waals surface area contributed by atoms with Crippen molar-refractivity contribution in [3.05, 3.63) is 28.1 Å². The minimum absolute atomic E-state index is 0.152. The maximum absolute atomic E-state index is 11.2. The zero-order valence-corrected chi connectivity index (χ0v) is 12.0. The van der Waals surface area contributed by atoms with Gasteiger partial charge in [-0.1, -0.05) is 0 Å². The van der Waals surface area contributed by atoms with Gasteiger partial charge in [0.15, 0.2) is 12.6 Å². The van der Waals surface area contributed by atoms with Crippen LogP contribution in [0.25, 0.3) is 5.57 Å². The summed E-state index contributed by atoms with van der Waals surface area (Å²) in [7, 11) is 1.95. The number of rotatable bonds is 5.